The number of rotatable bonds is 5. The maximum atomic E-state index is 3.96. The van der Waals surface area contributed by atoms with Gasteiger partial charge in [-0.25, -0.2) is 0 Å². The Labute approximate surface area is 113 Å². The van der Waals surface area contributed by atoms with Gasteiger partial charge < -0.3 is 0 Å². The van der Waals surface area contributed by atoms with Crippen LogP contribution >= 0.6 is 0 Å². The van der Waals surface area contributed by atoms with Crippen molar-refractivity contribution >= 4 is 0 Å². The van der Waals surface area contributed by atoms with Crippen LogP contribution < -0.4 is 0 Å². The van der Waals surface area contributed by atoms with E-state index in [4.69, 9.17) is 0 Å². The molecule has 0 aliphatic heterocycles. The minimum Gasteiger partial charge on any atom is -0.0654 e. The molecule has 0 unspecified atom stereocenters. The summed E-state index contributed by atoms with van der Waals surface area (Å²) in [6, 6.07) is 8.88. The van der Waals surface area contributed by atoms with E-state index in [1.165, 1.54) is 56.9 Å². The summed E-state index contributed by atoms with van der Waals surface area (Å²) in [5.41, 5.74) is 2.67. The van der Waals surface area contributed by atoms with Crippen molar-refractivity contribution in [2.45, 2.75) is 64.2 Å². The van der Waals surface area contributed by atoms with E-state index >= 15 is 0 Å². The summed E-state index contributed by atoms with van der Waals surface area (Å²) in [5, 5.41) is 0. The Morgan fingerprint density at radius 2 is 1.67 bits per heavy atom. The van der Waals surface area contributed by atoms with Crippen molar-refractivity contribution in [3.05, 3.63) is 42.3 Å². The quantitative estimate of drug-likeness (QED) is 0.580. The highest BCUT2D eigenvalue weighted by molar-refractivity contribution is 5.27. The SMILES string of the molecule is [CH2]c1ccc([C@H]2CC[C@H](CCCCC)CC2)cc1. The van der Waals surface area contributed by atoms with Gasteiger partial charge in [0.15, 0.2) is 0 Å². The minimum atomic E-state index is 0.813. The second kappa shape index (κ2) is 6.97. The zero-order valence-corrected chi connectivity index (χ0v) is 11.8. The van der Waals surface area contributed by atoms with Crippen molar-refractivity contribution in [3.8, 4) is 0 Å². The van der Waals surface area contributed by atoms with Gasteiger partial charge in [0.2, 0.25) is 0 Å². The maximum absolute atomic E-state index is 3.96. The van der Waals surface area contributed by atoms with Crippen molar-refractivity contribution in [2.75, 3.05) is 0 Å². The first-order valence-corrected chi connectivity index (χ1v) is 7.71. The van der Waals surface area contributed by atoms with Crippen LogP contribution in [-0.2, 0) is 0 Å². The third-order valence-corrected chi connectivity index (χ3v) is 4.51. The van der Waals surface area contributed by atoms with Crippen LogP contribution in [-0.4, -0.2) is 0 Å². The molecule has 0 bridgehead atoms. The topological polar surface area (TPSA) is 0 Å². The summed E-state index contributed by atoms with van der Waals surface area (Å²) < 4.78 is 0. The smallest absolute Gasteiger partial charge is 0.0162 e. The van der Waals surface area contributed by atoms with Crippen LogP contribution in [0.4, 0.5) is 0 Å². The van der Waals surface area contributed by atoms with Crippen molar-refractivity contribution in [3.63, 3.8) is 0 Å². The Balaban J connectivity index is 1.77. The molecule has 0 atom stereocenters. The molecule has 1 aliphatic rings. The third kappa shape index (κ3) is 3.86. The highest BCUT2D eigenvalue weighted by Gasteiger charge is 2.21. The van der Waals surface area contributed by atoms with Crippen LogP contribution in [0.2, 0.25) is 0 Å². The predicted molar refractivity (Wildman–Crippen MR) is 79.7 cm³/mol. The number of hydrogen-bond acceptors (Lipinski definition) is 0. The number of unbranched alkanes of at least 4 members (excludes halogenated alkanes) is 2. The lowest BCUT2D eigenvalue weighted by Gasteiger charge is -2.29. The largest absolute Gasteiger partial charge is 0.0654 e. The maximum Gasteiger partial charge on any atom is -0.0162 e. The number of benzene rings is 1. The fourth-order valence-electron chi connectivity index (χ4n) is 3.26. The van der Waals surface area contributed by atoms with Crippen LogP contribution in [0.5, 0.6) is 0 Å². The summed E-state index contributed by atoms with van der Waals surface area (Å²) in [5.74, 6) is 1.83. The summed E-state index contributed by atoms with van der Waals surface area (Å²) in [7, 11) is 0. The van der Waals surface area contributed by atoms with Gasteiger partial charge in [0.1, 0.15) is 0 Å². The Kier molecular flexibility index (Phi) is 5.28. The average molecular weight is 243 g/mol. The molecule has 1 saturated carbocycles. The van der Waals surface area contributed by atoms with E-state index in [0.717, 1.165) is 17.4 Å². The normalized spacial score (nSPS) is 24.1. The van der Waals surface area contributed by atoms with Crippen molar-refractivity contribution in [2.24, 2.45) is 5.92 Å². The monoisotopic (exact) mass is 243 g/mol. The lowest BCUT2D eigenvalue weighted by molar-refractivity contribution is 0.303. The highest BCUT2D eigenvalue weighted by Crippen LogP contribution is 2.37. The average Bonchev–Trinajstić information content (AvgIpc) is 2.41. The molecule has 99 valence electrons. The Morgan fingerprint density at radius 1 is 1.00 bits per heavy atom. The van der Waals surface area contributed by atoms with Gasteiger partial charge in [-0.1, -0.05) is 56.9 Å². The molecule has 18 heavy (non-hydrogen) atoms. The molecule has 2 rings (SSSR count). The summed E-state index contributed by atoms with van der Waals surface area (Å²) in [4.78, 5) is 0. The fraction of sp³-hybridized carbons (Fsp3) is 0.611. The molecule has 0 amide bonds. The number of hydrogen-bond donors (Lipinski definition) is 0. The van der Waals surface area contributed by atoms with E-state index in [1.54, 1.807) is 0 Å². The van der Waals surface area contributed by atoms with Crippen molar-refractivity contribution < 1.29 is 0 Å². The van der Waals surface area contributed by atoms with Crippen LogP contribution in [0.3, 0.4) is 0 Å². The van der Waals surface area contributed by atoms with E-state index < -0.39 is 0 Å². The Hall–Kier alpha value is -0.780. The third-order valence-electron chi connectivity index (χ3n) is 4.51. The lowest BCUT2D eigenvalue weighted by atomic mass is 9.77. The highest BCUT2D eigenvalue weighted by atomic mass is 14.3. The second-order valence-corrected chi connectivity index (χ2v) is 5.96. The van der Waals surface area contributed by atoms with Gasteiger partial charge in [-0.05, 0) is 55.6 Å². The van der Waals surface area contributed by atoms with Gasteiger partial charge >= 0.3 is 0 Å². The Bertz CT molecular complexity index is 328. The molecule has 1 aliphatic carbocycles. The summed E-state index contributed by atoms with van der Waals surface area (Å²) in [6.07, 6.45) is 11.4. The molecular weight excluding hydrogens is 216 g/mol. The van der Waals surface area contributed by atoms with Gasteiger partial charge in [-0.2, -0.15) is 0 Å². The molecule has 0 spiro atoms. The van der Waals surface area contributed by atoms with Crippen molar-refractivity contribution in [1.82, 2.24) is 0 Å². The van der Waals surface area contributed by atoms with Gasteiger partial charge in [-0.3, -0.25) is 0 Å². The predicted octanol–water partition coefficient (Wildman–Crippen LogP) is 5.72. The van der Waals surface area contributed by atoms with Gasteiger partial charge in [0, 0.05) is 0 Å². The van der Waals surface area contributed by atoms with E-state index in [2.05, 4.69) is 38.1 Å². The molecule has 1 radical (unpaired) electrons. The first kappa shape index (κ1) is 13.6. The first-order chi connectivity index (χ1) is 8.79. The molecule has 0 nitrogen and oxygen atoms in total. The van der Waals surface area contributed by atoms with E-state index in [1.807, 2.05) is 0 Å². The molecule has 0 N–H and O–H groups in total. The molecule has 0 aromatic heterocycles. The van der Waals surface area contributed by atoms with Gasteiger partial charge in [0.05, 0.1) is 0 Å². The van der Waals surface area contributed by atoms with Crippen LogP contribution in [0.25, 0.3) is 0 Å². The minimum absolute atomic E-state index is 0.813. The van der Waals surface area contributed by atoms with Crippen LogP contribution in [0.1, 0.15) is 75.3 Å². The fourth-order valence-corrected chi connectivity index (χ4v) is 3.26. The first-order valence-electron chi connectivity index (χ1n) is 7.71. The zero-order chi connectivity index (χ0) is 12.8. The summed E-state index contributed by atoms with van der Waals surface area (Å²) in [6.45, 7) is 6.26. The second-order valence-electron chi connectivity index (χ2n) is 5.96. The van der Waals surface area contributed by atoms with Crippen molar-refractivity contribution in [1.29, 1.82) is 0 Å². The molecule has 0 heterocycles. The standard InChI is InChI=1S/C18H27/c1-3-4-5-6-16-9-13-18(14-10-16)17-11-7-15(2)8-12-17/h7-8,11-12,16,18H,2-6,9-10,13-14H2,1H3/t16-,18-. The molecule has 0 saturated heterocycles. The van der Waals surface area contributed by atoms with Crippen LogP contribution in [0, 0.1) is 12.8 Å². The van der Waals surface area contributed by atoms with E-state index in [0.29, 0.717) is 0 Å². The van der Waals surface area contributed by atoms with Crippen LogP contribution in [0.15, 0.2) is 24.3 Å². The zero-order valence-electron chi connectivity index (χ0n) is 11.8. The van der Waals surface area contributed by atoms with Gasteiger partial charge in [-0.15, -0.1) is 0 Å². The Morgan fingerprint density at radius 3 is 2.28 bits per heavy atom. The van der Waals surface area contributed by atoms with E-state index in [9.17, 15) is 0 Å². The lowest BCUT2D eigenvalue weighted by Crippen LogP contribution is -2.13. The van der Waals surface area contributed by atoms with E-state index in [-0.39, 0.29) is 0 Å². The molecule has 1 aromatic carbocycles. The molecular formula is C18H27. The molecule has 1 aromatic rings. The summed E-state index contributed by atoms with van der Waals surface area (Å²) >= 11 is 0. The molecule has 1 fully saturated rings. The molecule has 0 heteroatoms. The van der Waals surface area contributed by atoms with Gasteiger partial charge in [0.25, 0.3) is 0 Å².